The molecule has 1 aromatic carbocycles. The van der Waals surface area contributed by atoms with E-state index in [2.05, 4.69) is 20.4 Å². The minimum absolute atomic E-state index is 0.0189. The molecular formula is C23H21FN8O. The molecule has 5 aromatic rings. The number of hydrogen-bond acceptors (Lipinski definition) is 7. The van der Waals surface area contributed by atoms with Crippen LogP contribution < -0.4 is 10.2 Å². The lowest BCUT2D eigenvalue weighted by Gasteiger charge is -2.23. The van der Waals surface area contributed by atoms with Crippen molar-refractivity contribution in [3.05, 3.63) is 67.1 Å². The Morgan fingerprint density at radius 2 is 2.09 bits per heavy atom. The van der Waals surface area contributed by atoms with Crippen LogP contribution in [0.1, 0.15) is 12.8 Å². The Hall–Kier alpha value is -4.05. The van der Waals surface area contributed by atoms with Crippen molar-refractivity contribution in [3.8, 4) is 5.69 Å². The summed E-state index contributed by atoms with van der Waals surface area (Å²) in [7, 11) is 0. The summed E-state index contributed by atoms with van der Waals surface area (Å²) in [5.41, 5.74) is 1.90. The minimum atomic E-state index is -0.361. The summed E-state index contributed by atoms with van der Waals surface area (Å²) in [4.78, 5) is 15.4. The molecule has 33 heavy (non-hydrogen) atoms. The second-order valence-electron chi connectivity index (χ2n) is 8.03. The molecular weight excluding hydrogens is 423 g/mol. The van der Waals surface area contributed by atoms with Gasteiger partial charge in [-0.25, -0.2) is 13.9 Å². The van der Waals surface area contributed by atoms with Crippen LogP contribution in [0, 0.1) is 5.82 Å². The van der Waals surface area contributed by atoms with Crippen LogP contribution in [0.15, 0.2) is 61.3 Å². The molecule has 1 atom stereocenters. The van der Waals surface area contributed by atoms with Gasteiger partial charge < -0.3 is 19.9 Å². The third kappa shape index (κ3) is 3.35. The Morgan fingerprint density at radius 1 is 1.15 bits per heavy atom. The predicted molar refractivity (Wildman–Crippen MR) is 123 cm³/mol. The van der Waals surface area contributed by atoms with E-state index in [0.29, 0.717) is 28.5 Å². The molecule has 10 heteroatoms. The molecule has 0 spiro atoms. The van der Waals surface area contributed by atoms with E-state index < -0.39 is 0 Å². The summed E-state index contributed by atoms with van der Waals surface area (Å²) in [6, 6.07) is 10.6. The lowest BCUT2D eigenvalue weighted by Crippen LogP contribution is -2.34. The fourth-order valence-electron chi connectivity index (χ4n) is 4.42. The highest BCUT2D eigenvalue weighted by Gasteiger charge is 2.27. The Bertz CT molecular complexity index is 1460. The molecule has 5 heterocycles. The molecule has 166 valence electrons. The van der Waals surface area contributed by atoms with Gasteiger partial charge in [-0.15, -0.1) is 5.10 Å². The van der Waals surface area contributed by atoms with Crippen molar-refractivity contribution >= 4 is 34.0 Å². The molecule has 1 unspecified atom stereocenters. The van der Waals surface area contributed by atoms with Crippen molar-refractivity contribution in [3.63, 3.8) is 0 Å². The first-order valence-corrected chi connectivity index (χ1v) is 10.8. The molecule has 1 aliphatic heterocycles. The predicted octanol–water partition coefficient (Wildman–Crippen LogP) is 3.31. The zero-order valence-corrected chi connectivity index (χ0v) is 17.6. The van der Waals surface area contributed by atoms with Crippen LogP contribution in [-0.2, 0) is 0 Å². The number of anilines is 3. The summed E-state index contributed by atoms with van der Waals surface area (Å²) >= 11 is 0. The standard InChI is InChI=1S/C23H21FN8O/c24-17-6-1-5-16-18(8-9-25-21(16)17)30-12-20(26-14-30)27-22-19-7-3-11-32(19)29-23(28-22)31-10-2-4-15(31)13-33/h1,3,5-9,11-12,14-15,33H,2,4,10,13H2,(H,27,28,29). The van der Waals surface area contributed by atoms with E-state index in [1.807, 2.05) is 46.1 Å². The van der Waals surface area contributed by atoms with E-state index >= 15 is 0 Å². The quantitative estimate of drug-likeness (QED) is 0.429. The first-order chi connectivity index (χ1) is 16.2. The average Bonchev–Trinajstić information content (AvgIpc) is 3.59. The van der Waals surface area contributed by atoms with Gasteiger partial charge in [0, 0.05) is 24.3 Å². The number of aliphatic hydroxyl groups is 1. The molecule has 1 aliphatic rings. The topological polar surface area (TPSA) is 96.4 Å². The van der Waals surface area contributed by atoms with Crippen molar-refractivity contribution in [2.45, 2.75) is 18.9 Å². The Balaban J connectivity index is 1.37. The van der Waals surface area contributed by atoms with Crippen molar-refractivity contribution < 1.29 is 9.50 Å². The second kappa shape index (κ2) is 7.82. The van der Waals surface area contributed by atoms with Gasteiger partial charge in [-0.1, -0.05) is 12.1 Å². The zero-order chi connectivity index (χ0) is 22.4. The number of benzene rings is 1. The van der Waals surface area contributed by atoms with Gasteiger partial charge in [0.05, 0.1) is 24.5 Å². The Labute approximate surface area is 188 Å². The van der Waals surface area contributed by atoms with Crippen LogP contribution in [0.25, 0.3) is 22.1 Å². The maximum absolute atomic E-state index is 14.2. The molecule has 1 fully saturated rings. The molecule has 2 N–H and O–H groups in total. The number of nitrogens with one attached hydrogen (secondary N) is 1. The SMILES string of the molecule is OCC1CCCN1c1nc(Nc2cn(-c3ccnc4c(F)cccc34)cn2)c2cccn2n1. The number of rotatable bonds is 5. The van der Waals surface area contributed by atoms with Gasteiger partial charge in [0.2, 0.25) is 5.95 Å². The number of imidazole rings is 1. The van der Waals surface area contributed by atoms with Gasteiger partial charge in [0.25, 0.3) is 0 Å². The molecule has 6 rings (SSSR count). The van der Waals surface area contributed by atoms with Gasteiger partial charge in [-0.05, 0) is 37.1 Å². The van der Waals surface area contributed by atoms with E-state index in [4.69, 9.17) is 4.98 Å². The number of aliphatic hydroxyl groups excluding tert-OH is 1. The molecule has 0 saturated carbocycles. The van der Waals surface area contributed by atoms with Gasteiger partial charge in [-0.2, -0.15) is 4.98 Å². The molecule has 0 radical (unpaired) electrons. The second-order valence-corrected chi connectivity index (χ2v) is 8.03. The van der Waals surface area contributed by atoms with E-state index in [-0.39, 0.29) is 18.5 Å². The third-order valence-electron chi connectivity index (χ3n) is 6.03. The third-order valence-corrected chi connectivity index (χ3v) is 6.03. The van der Waals surface area contributed by atoms with Gasteiger partial charge in [-0.3, -0.25) is 4.98 Å². The van der Waals surface area contributed by atoms with Crippen molar-refractivity contribution in [2.24, 2.45) is 0 Å². The lowest BCUT2D eigenvalue weighted by molar-refractivity contribution is 0.265. The van der Waals surface area contributed by atoms with Crippen LogP contribution in [0.5, 0.6) is 0 Å². The molecule has 0 amide bonds. The number of aromatic nitrogens is 6. The van der Waals surface area contributed by atoms with E-state index in [1.165, 1.54) is 6.07 Å². The Morgan fingerprint density at radius 3 is 3.00 bits per heavy atom. The highest BCUT2D eigenvalue weighted by Crippen LogP contribution is 2.28. The maximum atomic E-state index is 14.2. The van der Waals surface area contributed by atoms with Crippen molar-refractivity contribution in [1.29, 1.82) is 0 Å². The maximum Gasteiger partial charge on any atom is 0.245 e. The van der Waals surface area contributed by atoms with Crippen LogP contribution in [0.3, 0.4) is 0 Å². The number of para-hydroxylation sites is 1. The monoisotopic (exact) mass is 444 g/mol. The largest absolute Gasteiger partial charge is 0.394 e. The summed E-state index contributed by atoms with van der Waals surface area (Å²) in [5, 5.41) is 18.3. The molecule has 4 aromatic heterocycles. The van der Waals surface area contributed by atoms with Gasteiger partial charge >= 0.3 is 0 Å². The van der Waals surface area contributed by atoms with Crippen molar-refractivity contribution in [1.82, 2.24) is 29.1 Å². The Kier molecular flexibility index (Phi) is 4.65. The van der Waals surface area contributed by atoms with E-state index in [9.17, 15) is 9.50 Å². The average molecular weight is 444 g/mol. The summed E-state index contributed by atoms with van der Waals surface area (Å²) in [6.45, 7) is 0.873. The molecule has 0 bridgehead atoms. The molecule has 0 aliphatic carbocycles. The smallest absolute Gasteiger partial charge is 0.245 e. The molecule has 9 nitrogen and oxygen atoms in total. The molecule has 1 saturated heterocycles. The summed E-state index contributed by atoms with van der Waals surface area (Å²) in [6.07, 6.45) is 8.85. The summed E-state index contributed by atoms with van der Waals surface area (Å²) in [5.74, 6) is 1.40. The van der Waals surface area contributed by atoms with Gasteiger partial charge in [0.15, 0.2) is 5.82 Å². The minimum Gasteiger partial charge on any atom is -0.394 e. The fourth-order valence-corrected chi connectivity index (χ4v) is 4.42. The number of pyridine rings is 1. The normalized spacial score (nSPS) is 16.2. The van der Waals surface area contributed by atoms with Crippen LogP contribution >= 0.6 is 0 Å². The highest BCUT2D eigenvalue weighted by molar-refractivity contribution is 5.87. The van der Waals surface area contributed by atoms with E-state index in [0.717, 1.165) is 30.6 Å². The van der Waals surface area contributed by atoms with Crippen LogP contribution in [-0.4, -0.2) is 53.4 Å². The highest BCUT2D eigenvalue weighted by atomic mass is 19.1. The number of fused-ring (bicyclic) bond motifs is 2. The number of hydrogen-bond donors (Lipinski definition) is 2. The zero-order valence-electron chi connectivity index (χ0n) is 17.6. The van der Waals surface area contributed by atoms with Crippen molar-refractivity contribution in [2.75, 3.05) is 23.4 Å². The summed E-state index contributed by atoms with van der Waals surface area (Å²) < 4.78 is 17.8. The van der Waals surface area contributed by atoms with Crippen LogP contribution in [0.4, 0.5) is 22.0 Å². The first-order valence-electron chi connectivity index (χ1n) is 10.8. The number of halogens is 1. The first kappa shape index (κ1) is 19.6. The van der Waals surface area contributed by atoms with Gasteiger partial charge in [0.1, 0.15) is 29.0 Å². The fraction of sp³-hybridized carbons (Fsp3) is 0.217. The van der Waals surface area contributed by atoms with E-state index in [1.54, 1.807) is 23.1 Å². The lowest BCUT2D eigenvalue weighted by atomic mass is 10.2. The van der Waals surface area contributed by atoms with Crippen LogP contribution in [0.2, 0.25) is 0 Å². The number of nitrogens with zero attached hydrogens (tertiary/aromatic N) is 7.